The minimum atomic E-state index is -0.376. The summed E-state index contributed by atoms with van der Waals surface area (Å²) in [5.41, 5.74) is 6.56. The average molecular weight is 292 g/mol. The molecule has 0 atom stereocenters. The van der Waals surface area contributed by atoms with E-state index in [9.17, 15) is 9.18 Å². The molecule has 2 rings (SSSR count). The van der Waals surface area contributed by atoms with Crippen molar-refractivity contribution in [3.05, 3.63) is 35.6 Å². The largest absolute Gasteiger partial charge is 0.355 e. The fourth-order valence-electron chi connectivity index (χ4n) is 3.09. The zero-order valence-corrected chi connectivity index (χ0v) is 12.5. The van der Waals surface area contributed by atoms with Gasteiger partial charge in [-0.1, -0.05) is 37.8 Å². The molecule has 0 saturated heterocycles. The van der Waals surface area contributed by atoms with Gasteiger partial charge in [0.2, 0.25) is 5.91 Å². The molecule has 0 heterocycles. The van der Waals surface area contributed by atoms with E-state index in [0.717, 1.165) is 31.2 Å². The van der Waals surface area contributed by atoms with Crippen LogP contribution in [0.5, 0.6) is 0 Å². The number of halogens is 1. The molecule has 0 bridgehead atoms. The van der Waals surface area contributed by atoms with Crippen LogP contribution in [0.2, 0.25) is 0 Å². The van der Waals surface area contributed by atoms with E-state index in [-0.39, 0.29) is 17.1 Å². The maximum Gasteiger partial charge on any atom is 0.227 e. The van der Waals surface area contributed by atoms with Crippen LogP contribution in [-0.2, 0) is 11.2 Å². The lowest BCUT2D eigenvalue weighted by atomic mass is 9.79. The van der Waals surface area contributed by atoms with E-state index in [2.05, 4.69) is 5.32 Å². The van der Waals surface area contributed by atoms with Gasteiger partial charge in [-0.3, -0.25) is 4.79 Å². The number of rotatable bonds is 5. The highest BCUT2D eigenvalue weighted by Gasteiger charge is 2.36. The molecule has 3 nitrogen and oxygen atoms in total. The highest BCUT2D eigenvalue weighted by molar-refractivity contribution is 5.82. The number of carbonyl (C=O) groups is 1. The molecular formula is C17H25FN2O. The summed E-state index contributed by atoms with van der Waals surface area (Å²) in [6, 6.07) is 6.41. The van der Waals surface area contributed by atoms with Gasteiger partial charge in [0.15, 0.2) is 0 Å². The third kappa shape index (κ3) is 4.27. The van der Waals surface area contributed by atoms with Crippen molar-refractivity contribution in [1.29, 1.82) is 0 Å². The maximum absolute atomic E-state index is 12.8. The molecule has 21 heavy (non-hydrogen) atoms. The Morgan fingerprint density at radius 1 is 1.14 bits per heavy atom. The summed E-state index contributed by atoms with van der Waals surface area (Å²) < 4.78 is 12.8. The third-order valence-electron chi connectivity index (χ3n) is 4.55. The second-order valence-electron chi connectivity index (χ2n) is 6.03. The van der Waals surface area contributed by atoms with Crippen LogP contribution in [0.4, 0.5) is 4.39 Å². The van der Waals surface area contributed by atoms with Crippen molar-refractivity contribution in [2.24, 2.45) is 11.1 Å². The van der Waals surface area contributed by atoms with E-state index >= 15 is 0 Å². The first-order chi connectivity index (χ1) is 10.2. The van der Waals surface area contributed by atoms with E-state index in [4.69, 9.17) is 5.73 Å². The smallest absolute Gasteiger partial charge is 0.227 e. The molecule has 0 spiro atoms. The molecule has 0 aliphatic heterocycles. The quantitative estimate of drug-likeness (QED) is 0.820. The van der Waals surface area contributed by atoms with Gasteiger partial charge in [-0.25, -0.2) is 4.39 Å². The molecule has 4 heteroatoms. The van der Waals surface area contributed by atoms with Gasteiger partial charge in [-0.05, 0) is 37.0 Å². The fraction of sp³-hybridized carbons (Fsp3) is 0.588. The molecular weight excluding hydrogens is 267 g/mol. The van der Waals surface area contributed by atoms with Crippen molar-refractivity contribution in [2.75, 3.05) is 13.1 Å². The Hall–Kier alpha value is -1.42. The zero-order chi connectivity index (χ0) is 15.1. The second kappa shape index (κ2) is 7.55. The monoisotopic (exact) mass is 292 g/mol. The lowest BCUT2D eigenvalue weighted by Gasteiger charge is -2.29. The maximum atomic E-state index is 12.8. The summed E-state index contributed by atoms with van der Waals surface area (Å²) in [6.07, 6.45) is 7.07. The minimum absolute atomic E-state index is 0.0917. The van der Waals surface area contributed by atoms with Crippen LogP contribution >= 0.6 is 0 Å². The standard InChI is InChI=1S/C17H25FN2O/c18-15-7-5-14(6-8-15)9-12-20-16(21)17(13-19)10-3-1-2-4-11-17/h5-8H,1-4,9-13,19H2,(H,20,21). The average Bonchev–Trinajstić information content (AvgIpc) is 2.75. The second-order valence-corrected chi connectivity index (χ2v) is 6.03. The van der Waals surface area contributed by atoms with Crippen LogP contribution < -0.4 is 11.1 Å². The van der Waals surface area contributed by atoms with Gasteiger partial charge in [-0.15, -0.1) is 0 Å². The normalized spacial score (nSPS) is 18.0. The molecule has 116 valence electrons. The fourth-order valence-corrected chi connectivity index (χ4v) is 3.09. The van der Waals surface area contributed by atoms with Crippen LogP contribution in [0.3, 0.4) is 0 Å². The highest BCUT2D eigenvalue weighted by Crippen LogP contribution is 2.34. The number of benzene rings is 1. The summed E-state index contributed by atoms with van der Waals surface area (Å²) in [5, 5.41) is 3.02. The Bertz CT molecular complexity index is 450. The molecule has 1 aliphatic carbocycles. The molecule has 0 radical (unpaired) electrons. The molecule has 1 fully saturated rings. The summed E-state index contributed by atoms with van der Waals surface area (Å²) in [4.78, 5) is 12.5. The van der Waals surface area contributed by atoms with Crippen molar-refractivity contribution in [2.45, 2.75) is 44.9 Å². The number of hydrogen-bond acceptors (Lipinski definition) is 2. The van der Waals surface area contributed by atoms with Crippen LogP contribution in [0.25, 0.3) is 0 Å². The van der Waals surface area contributed by atoms with Crippen LogP contribution in [-0.4, -0.2) is 19.0 Å². The molecule has 1 saturated carbocycles. The first-order valence-corrected chi connectivity index (χ1v) is 7.89. The van der Waals surface area contributed by atoms with E-state index < -0.39 is 0 Å². The number of amides is 1. The molecule has 1 aliphatic rings. The van der Waals surface area contributed by atoms with Crippen LogP contribution in [0, 0.1) is 11.2 Å². The third-order valence-corrected chi connectivity index (χ3v) is 4.55. The molecule has 0 unspecified atom stereocenters. The number of nitrogens with one attached hydrogen (secondary N) is 1. The van der Waals surface area contributed by atoms with Gasteiger partial charge >= 0.3 is 0 Å². The van der Waals surface area contributed by atoms with E-state index in [1.54, 1.807) is 12.1 Å². The van der Waals surface area contributed by atoms with Gasteiger partial charge in [0.25, 0.3) is 0 Å². The van der Waals surface area contributed by atoms with E-state index in [1.165, 1.54) is 25.0 Å². The molecule has 0 aromatic heterocycles. The summed E-state index contributed by atoms with van der Waals surface area (Å²) in [5.74, 6) is -0.141. The Morgan fingerprint density at radius 3 is 2.33 bits per heavy atom. The minimum Gasteiger partial charge on any atom is -0.355 e. The van der Waals surface area contributed by atoms with Gasteiger partial charge in [-0.2, -0.15) is 0 Å². The predicted molar refractivity (Wildman–Crippen MR) is 82.3 cm³/mol. The van der Waals surface area contributed by atoms with Crippen molar-refractivity contribution < 1.29 is 9.18 Å². The van der Waals surface area contributed by atoms with Crippen LogP contribution in [0.1, 0.15) is 44.1 Å². The Morgan fingerprint density at radius 2 is 1.76 bits per heavy atom. The number of carbonyl (C=O) groups excluding carboxylic acids is 1. The molecule has 1 aromatic rings. The van der Waals surface area contributed by atoms with Crippen molar-refractivity contribution in [3.8, 4) is 0 Å². The SMILES string of the molecule is NCC1(C(=O)NCCc2ccc(F)cc2)CCCCCC1. The summed E-state index contributed by atoms with van der Waals surface area (Å²) in [6.45, 7) is 1.00. The molecule has 3 N–H and O–H groups in total. The molecule has 1 amide bonds. The Labute approximate surface area is 126 Å². The van der Waals surface area contributed by atoms with Crippen LogP contribution in [0.15, 0.2) is 24.3 Å². The molecule has 1 aromatic carbocycles. The van der Waals surface area contributed by atoms with Gasteiger partial charge in [0.1, 0.15) is 5.82 Å². The van der Waals surface area contributed by atoms with Crippen molar-refractivity contribution in [3.63, 3.8) is 0 Å². The topological polar surface area (TPSA) is 55.1 Å². The first kappa shape index (κ1) is 16.0. The Balaban J connectivity index is 1.86. The van der Waals surface area contributed by atoms with Crippen molar-refractivity contribution in [1.82, 2.24) is 5.32 Å². The van der Waals surface area contributed by atoms with Gasteiger partial charge in [0, 0.05) is 13.1 Å². The Kier molecular flexibility index (Phi) is 5.74. The zero-order valence-electron chi connectivity index (χ0n) is 12.5. The van der Waals surface area contributed by atoms with Crippen molar-refractivity contribution >= 4 is 5.91 Å². The number of hydrogen-bond donors (Lipinski definition) is 2. The summed E-state index contributed by atoms with van der Waals surface area (Å²) in [7, 11) is 0. The van der Waals surface area contributed by atoms with E-state index in [1.807, 2.05) is 0 Å². The number of nitrogens with two attached hydrogens (primary N) is 1. The summed E-state index contributed by atoms with van der Waals surface area (Å²) >= 11 is 0. The van der Waals surface area contributed by atoms with Gasteiger partial charge in [0.05, 0.1) is 5.41 Å². The first-order valence-electron chi connectivity index (χ1n) is 7.89. The predicted octanol–water partition coefficient (Wildman–Crippen LogP) is 2.78. The lowest BCUT2D eigenvalue weighted by molar-refractivity contribution is -0.131. The lowest BCUT2D eigenvalue weighted by Crippen LogP contribution is -2.46. The van der Waals surface area contributed by atoms with Gasteiger partial charge < -0.3 is 11.1 Å². The highest BCUT2D eigenvalue weighted by atomic mass is 19.1. The van der Waals surface area contributed by atoms with E-state index in [0.29, 0.717) is 19.5 Å².